The monoisotopic (exact) mass is 318 g/mol. The van der Waals surface area contributed by atoms with Crippen LogP contribution in [0.4, 0.5) is 0 Å². The summed E-state index contributed by atoms with van der Waals surface area (Å²) in [6.07, 6.45) is 3.51. The quantitative estimate of drug-likeness (QED) is 0.669. The number of fused-ring (bicyclic) bond motifs is 3. The molecule has 1 aliphatic heterocycles. The first kappa shape index (κ1) is 15.5. The van der Waals surface area contributed by atoms with E-state index in [1.807, 2.05) is 0 Å². The highest BCUT2D eigenvalue weighted by atomic mass is 15.1. The van der Waals surface area contributed by atoms with Gasteiger partial charge in [0.25, 0.3) is 0 Å². The molecule has 1 aliphatic rings. The van der Waals surface area contributed by atoms with Gasteiger partial charge in [-0.1, -0.05) is 48.5 Å². The van der Waals surface area contributed by atoms with Crippen LogP contribution in [0, 0.1) is 0 Å². The highest BCUT2D eigenvalue weighted by Crippen LogP contribution is 2.37. The summed E-state index contributed by atoms with van der Waals surface area (Å²) in [6, 6.07) is 20.3. The van der Waals surface area contributed by atoms with Crippen LogP contribution in [-0.2, 0) is 19.4 Å². The van der Waals surface area contributed by atoms with E-state index in [2.05, 4.69) is 78.0 Å². The Morgan fingerprint density at radius 3 is 2.58 bits per heavy atom. The van der Waals surface area contributed by atoms with Crippen molar-refractivity contribution in [3.63, 3.8) is 0 Å². The largest absolute Gasteiger partial charge is 0.344 e. The predicted octanol–water partition coefficient (Wildman–Crippen LogP) is 4.82. The van der Waals surface area contributed by atoms with E-state index in [-0.39, 0.29) is 0 Å². The molecule has 124 valence electrons. The van der Waals surface area contributed by atoms with Crippen LogP contribution in [0.3, 0.4) is 0 Å². The lowest BCUT2D eigenvalue weighted by Gasteiger charge is -2.31. The zero-order valence-corrected chi connectivity index (χ0v) is 14.7. The minimum absolute atomic E-state index is 0.508. The molecule has 2 heteroatoms. The van der Waals surface area contributed by atoms with E-state index in [4.69, 9.17) is 0 Å². The first-order valence-corrected chi connectivity index (χ1v) is 9.10. The van der Waals surface area contributed by atoms with E-state index < -0.39 is 0 Å². The van der Waals surface area contributed by atoms with Crippen molar-refractivity contribution in [3.05, 3.63) is 71.4 Å². The Morgan fingerprint density at radius 1 is 1.00 bits per heavy atom. The number of likely N-dealkylation sites (N-methyl/N-ethyl adjacent to an activating group) is 1. The lowest BCUT2D eigenvalue weighted by molar-refractivity contribution is 0.245. The van der Waals surface area contributed by atoms with E-state index in [1.54, 1.807) is 11.3 Å². The summed E-state index contributed by atoms with van der Waals surface area (Å²) in [4.78, 5) is 2.48. The lowest BCUT2D eigenvalue weighted by Crippen LogP contribution is -2.31. The molecule has 0 amide bonds. The zero-order valence-electron chi connectivity index (χ0n) is 14.7. The number of aryl methyl sites for hydroxylation is 2. The van der Waals surface area contributed by atoms with Crippen molar-refractivity contribution in [2.45, 2.75) is 38.8 Å². The number of para-hydroxylation sites is 1. The maximum absolute atomic E-state index is 2.59. The molecule has 1 atom stereocenters. The van der Waals surface area contributed by atoms with Crippen LogP contribution in [-0.4, -0.2) is 23.1 Å². The Labute approximate surface area is 144 Å². The molecule has 0 saturated carbocycles. The van der Waals surface area contributed by atoms with Crippen LogP contribution >= 0.6 is 0 Å². The number of hydrogen-bond donors (Lipinski definition) is 0. The fourth-order valence-electron chi connectivity index (χ4n) is 4.16. The fourth-order valence-corrected chi connectivity index (χ4v) is 4.16. The molecule has 2 heterocycles. The van der Waals surface area contributed by atoms with E-state index in [0.29, 0.717) is 6.04 Å². The minimum atomic E-state index is 0.508. The zero-order chi connectivity index (χ0) is 16.5. The van der Waals surface area contributed by atoms with Crippen LogP contribution in [0.2, 0.25) is 0 Å². The third-order valence-corrected chi connectivity index (χ3v) is 5.59. The molecule has 1 aromatic heterocycles. The predicted molar refractivity (Wildman–Crippen MR) is 101 cm³/mol. The summed E-state index contributed by atoms with van der Waals surface area (Å²) in [7, 11) is 2.25. The van der Waals surface area contributed by atoms with E-state index in [9.17, 15) is 0 Å². The molecule has 24 heavy (non-hydrogen) atoms. The van der Waals surface area contributed by atoms with Crippen LogP contribution in [0.5, 0.6) is 0 Å². The van der Waals surface area contributed by atoms with Gasteiger partial charge in [0.05, 0.1) is 0 Å². The van der Waals surface area contributed by atoms with Crippen molar-refractivity contribution in [3.8, 4) is 0 Å². The highest BCUT2D eigenvalue weighted by Gasteiger charge is 2.27. The molecule has 4 rings (SSSR count). The topological polar surface area (TPSA) is 8.17 Å². The lowest BCUT2D eigenvalue weighted by atomic mass is 9.97. The Hall–Kier alpha value is -2.06. The Bertz CT molecular complexity index is 832. The van der Waals surface area contributed by atoms with Crippen molar-refractivity contribution in [1.82, 2.24) is 9.47 Å². The fraction of sp³-hybridized carbons (Fsp3) is 0.364. The summed E-state index contributed by atoms with van der Waals surface area (Å²) in [5, 5.41) is 1.45. The SMILES string of the molecule is CC1c2c(n(CCCc3ccccc3)c3ccccc23)CCN1C. The highest BCUT2D eigenvalue weighted by molar-refractivity contribution is 5.86. The molecule has 0 aliphatic carbocycles. The maximum atomic E-state index is 2.59. The average Bonchev–Trinajstić information content (AvgIpc) is 2.94. The van der Waals surface area contributed by atoms with Gasteiger partial charge >= 0.3 is 0 Å². The second kappa shape index (κ2) is 6.45. The van der Waals surface area contributed by atoms with Gasteiger partial charge in [-0.3, -0.25) is 4.90 Å². The first-order valence-electron chi connectivity index (χ1n) is 9.10. The van der Waals surface area contributed by atoms with Crippen LogP contribution in [0.25, 0.3) is 10.9 Å². The molecule has 0 bridgehead atoms. The van der Waals surface area contributed by atoms with Gasteiger partial charge in [0, 0.05) is 42.1 Å². The summed E-state index contributed by atoms with van der Waals surface area (Å²) >= 11 is 0. The molecule has 0 spiro atoms. The maximum Gasteiger partial charge on any atom is 0.0486 e. The normalized spacial score (nSPS) is 18.0. The number of hydrogen-bond acceptors (Lipinski definition) is 1. The molecule has 2 aromatic carbocycles. The minimum Gasteiger partial charge on any atom is -0.344 e. The number of benzene rings is 2. The number of aromatic nitrogens is 1. The van der Waals surface area contributed by atoms with Gasteiger partial charge in [-0.2, -0.15) is 0 Å². The van der Waals surface area contributed by atoms with Crippen molar-refractivity contribution in [2.24, 2.45) is 0 Å². The smallest absolute Gasteiger partial charge is 0.0486 e. The summed E-state index contributed by atoms with van der Waals surface area (Å²) in [5.41, 5.74) is 5.97. The van der Waals surface area contributed by atoms with Gasteiger partial charge in [-0.05, 0) is 44.0 Å². The molecular weight excluding hydrogens is 292 g/mol. The Balaban J connectivity index is 1.65. The molecule has 0 fully saturated rings. The molecule has 0 radical (unpaired) electrons. The summed E-state index contributed by atoms with van der Waals surface area (Å²) in [6.45, 7) is 4.61. The van der Waals surface area contributed by atoms with Crippen molar-refractivity contribution >= 4 is 10.9 Å². The van der Waals surface area contributed by atoms with Gasteiger partial charge < -0.3 is 4.57 Å². The van der Waals surface area contributed by atoms with E-state index in [1.165, 1.54) is 22.9 Å². The first-order chi connectivity index (χ1) is 11.8. The number of nitrogens with zero attached hydrogens (tertiary/aromatic N) is 2. The second-order valence-corrected chi connectivity index (χ2v) is 7.02. The Morgan fingerprint density at radius 2 is 1.75 bits per heavy atom. The number of rotatable bonds is 4. The van der Waals surface area contributed by atoms with Gasteiger partial charge in [0.1, 0.15) is 0 Å². The van der Waals surface area contributed by atoms with Crippen LogP contribution in [0.1, 0.15) is 36.2 Å². The third-order valence-electron chi connectivity index (χ3n) is 5.59. The van der Waals surface area contributed by atoms with Crippen LogP contribution in [0.15, 0.2) is 54.6 Å². The van der Waals surface area contributed by atoms with Gasteiger partial charge in [-0.25, -0.2) is 0 Å². The van der Waals surface area contributed by atoms with Gasteiger partial charge in [0.2, 0.25) is 0 Å². The Kier molecular flexibility index (Phi) is 4.15. The summed E-state index contributed by atoms with van der Waals surface area (Å²) < 4.78 is 2.59. The van der Waals surface area contributed by atoms with Crippen molar-refractivity contribution in [2.75, 3.05) is 13.6 Å². The van der Waals surface area contributed by atoms with E-state index in [0.717, 1.165) is 25.9 Å². The van der Waals surface area contributed by atoms with Crippen molar-refractivity contribution in [1.29, 1.82) is 0 Å². The van der Waals surface area contributed by atoms with Crippen LogP contribution < -0.4 is 0 Å². The molecule has 3 aromatic rings. The van der Waals surface area contributed by atoms with Gasteiger partial charge in [0.15, 0.2) is 0 Å². The molecule has 0 N–H and O–H groups in total. The third kappa shape index (κ3) is 2.65. The molecule has 0 saturated heterocycles. The average molecular weight is 318 g/mol. The van der Waals surface area contributed by atoms with Crippen molar-refractivity contribution < 1.29 is 0 Å². The van der Waals surface area contributed by atoms with E-state index >= 15 is 0 Å². The molecule has 1 unspecified atom stereocenters. The molecule has 2 nitrogen and oxygen atoms in total. The summed E-state index contributed by atoms with van der Waals surface area (Å²) in [5.74, 6) is 0. The second-order valence-electron chi connectivity index (χ2n) is 7.02. The van der Waals surface area contributed by atoms with Gasteiger partial charge in [-0.15, -0.1) is 0 Å². The standard InChI is InChI=1S/C22H26N2/c1-17-22-19-12-6-7-13-20(19)24(21(22)14-16-23(17)2)15-8-11-18-9-4-3-5-10-18/h3-7,9-10,12-13,17H,8,11,14-16H2,1-2H3. The molecular formula is C22H26N2.